The molecule has 1 heterocycles. The molecule has 0 atom stereocenters. The molecular weight excluding hydrogens is 202 g/mol. The van der Waals surface area contributed by atoms with E-state index in [0.717, 1.165) is 22.2 Å². The van der Waals surface area contributed by atoms with Crippen LogP contribution in [0.3, 0.4) is 0 Å². The number of aliphatic carboxylic acids is 1. The van der Waals surface area contributed by atoms with Gasteiger partial charge in [0.15, 0.2) is 0 Å². The fraction of sp³-hybridized carbons (Fsp3) is 0.231. The Hall–Kier alpha value is -1.90. The van der Waals surface area contributed by atoms with Crippen molar-refractivity contribution in [2.75, 3.05) is 0 Å². The number of nitrogens with zero attached hydrogens (tertiary/aromatic N) is 1. The Labute approximate surface area is 93.7 Å². The largest absolute Gasteiger partial charge is 0.481 e. The van der Waals surface area contributed by atoms with Crippen molar-refractivity contribution in [2.45, 2.75) is 19.8 Å². The van der Waals surface area contributed by atoms with Gasteiger partial charge in [0.25, 0.3) is 0 Å². The normalized spacial score (nSPS) is 10.6. The molecule has 1 N–H and O–H groups in total. The first kappa shape index (κ1) is 10.6. The molecule has 0 spiro atoms. The van der Waals surface area contributed by atoms with Gasteiger partial charge in [0.05, 0.1) is 11.9 Å². The molecule has 0 amide bonds. The van der Waals surface area contributed by atoms with Crippen LogP contribution in [0.4, 0.5) is 0 Å². The number of rotatable bonds is 3. The molecule has 82 valence electrons. The highest BCUT2D eigenvalue weighted by Gasteiger charge is 2.04. The molecule has 2 rings (SSSR count). The average molecular weight is 215 g/mol. The van der Waals surface area contributed by atoms with Gasteiger partial charge >= 0.3 is 5.97 Å². The van der Waals surface area contributed by atoms with Crippen molar-refractivity contribution >= 4 is 16.9 Å². The van der Waals surface area contributed by atoms with Gasteiger partial charge in [-0.15, -0.1) is 0 Å². The van der Waals surface area contributed by atoms with Gasteiger partial charge in [-0.05, 0) is 24.6 Å². The van der Waals surface area contributed by atoms with Crippen molar-refractivity contribution in [3.63, 3.8) is 0 Å². The highest BCUT2D eigenvalue weighted by molar-refractivity contribution is 5.82. The molecule has 0 radical (unpaired) electrons. The highest BCUT2D eigenvalue weighted by atomic mass is 16.4. The molecular formula is C13H13NO2. The van der Waals surface area contributed by atoms with Gasteiger partial charge in [-0.2, -0.15) is 0 Å². The summed E-state index contributed by atoms with van der Waals surface area (Å²) in [6.07, 6.45) is 0.617. The van der Waals surface area contributed by atoms with E-state index in [1.807, 2.05) is 37.3 Å². The Morgan fingerprint density at radius 3 is 2.88 bits per heavy atom. The van der Waals surface area contributed by atoms with E-state index in [0.29, 0.717) is 6.42 Å². The van der Waals surface area contributed by atoms with E-state index < -0.39 is 5.97 Å². The molecule has 3 nitrogen and oxygen atoms in total. The number of pyridine rings is 1. The van der Waals surface area contributed by atoms with E-state index >= 15 is 0 Å². The third-order valence-electron chi connectivity index (χ3n) is 2.57. The van der Waals surface area contributed by atoms with Crippen LogP contribution < -0.4 is 0 Å². The van der Waals surface area contributed by atoms with Crippen LogP contribution in [0.15, 0.2) is 30.3 Å². The number of hydrogen-bond acceptors (Lipinski definition) is 2. The van der Waals surface area contributed by atoms with Gasteiger partial charge in [-0.1, -0.05) is 18.2 Å². The molecule has 16 heavy (non-hydrogen) atoms. The van der Waals surface area contributed by atoms with E-state index in [9.17, 15) is 4.79 Å². The van der Waals surface area contributed by atoms with E-state index in [1.54, 1.807) is 0 Å². The summed E-state index contributed by atoms with van der Waals surface area (Å²) >= 11 is 0. The lowest BCUT2D eigenvalue weighted by molar-refractivity contribution is -0.136. The number of para-hydroxylation sites is 1. The molecule has 0 unspecified atom stereocenters. The second kappa shape index (κ2) is 4.31. The molecule has 0 bridgehead atoms. The fourth-order valence-electron chi connectivity index (χ4n) is 1.78. The number of aromatic nitrogens is 1. The van der Waals surface area contributed by atoms with Gasteiger partial charge in [0, 0.05) is 17.5 Å². The molecule has 1 aromatic carbocycles. The van der Waals surface area contributed by atoms with Crippen LogP contribution in [0, 0.1) is 6.92 Å². The van der Waals surface area contributed by atoms with Crippen molar-refractivity contribution in [3.05, 3.63) is 41.6 Å². The Kier molecular flexibility index (Phi) is 2.86. The average Bonchev–Trinajstić information content (AvgIpc) is 2.26. The number of fused-ring (bicyclic) bond motifs is 1. The van der Waals surface area contributed by atoms with Gasteiger partial charge in [-0.25, -0.2) is 0 Å². The van der Waals surface area contributed by atoms with Gasteiger partial charge in [-0.3, -0.25) is 9.78 Å². The molecule has 0 aliphatic carbocycles. The maximum Gasteiger partial charge on any atom is 0.303 e. The SMILES string of the molecule is Cc1cc(CCC(=O)O)nc2ccccc12. The zero-order valence-electron chi connectivity index (χ0n) is 9.10. The van der Waals surface area contributed by atoms with E-state index in [-0.39, 0.29) is 6.42 Å². The van der Waals surface area contributed by atoms with Crippen molar-refractivity contribution in [1.82, 2.24) is 4.98 Å². The Balaban J connectivity index is 2.38. The minimum absolute atomic E-state index is 0.130. The molecule has 0 saturated carbocycles. The second-order valence-corrected chi connectivity index (χ2v) is 3.84. The number of hydrogen-bond donors (Lipinski definition) is 1. The van der Waals surface area contributed by atoms with E-state index in [4.69, 9.17) is 5.11 Å². The quantitative estimate of drug-likeness (QED) is 0.856. The number of benzene rings is 1. The van der Waals surface area contributed by atoms with Crippen molar-refractivity contribution in [1.29, 1.82) is 0 Å². The maximum atomic E-state index is 10.5. The smallest absolute Gasteiger partial charge is 0.303 e. The first-order chi connectivity index (χ1) is 7.66. The fourth-order valence-corrected chi connectivity index (χ4v) is 1.78. The van der Waals surface area contributed by atoms with Crippen molar-refractivity contribution in [2.24, 2.45) is 0 Å². The molecule has 0 aliphatic heterocycles. The molecule has 2 aromatic rings. The predicted molar refractivity (Wildman–Crippen MR) is 62.4 cm³/mol. The second-order valence-electron chi connectivity index (χ2n) is 3.84. The highest BCUT2D eigenvalue weighted by Crippen LogP contribution is 2.17. The van der Waals surface area contributed by atoms with Crippen LogP contribution in [0.2, 0.25) is 0 Å². The summed E-state index contributed by atoms with van der Waals surface area (Å²) in [5.41, 5.74) is 2.92. The minimum Gasteiger partial charge on any atom is -0.481 e. The molecule has 0 saturated heterocycles. The first-order valence-electron chi connectivity index (χ1n) is 5.24. The first-order valence-corrected chi connectivity index (χ1v) is 5.24. The van der Waals surface area contributed by atoms with Crippen LogP contribution in [-0.4, -0.2) is 16.1 Å². The van der Waals surface area contributed by atoms with Crippen molar-refractivity contribution < 1.29 is 9.90 Å². The number of carboxylic acids is 1. The van der Waals surface area contributed by atoms with Crippen LogP contribution in [0.5, 0.6) is 0 Å². The van der Waals surface area contributed by atoms with E-state index in [2.05, 4.69) is 4.98 Å². The number of carbonyl (C=O) groups is 1. The molecule has 3 heteroatoms. The van der Waals surface area contributed by atoms with E-state index in [1.165, 1.54) is 0 Å². The monoisotopic (exact) mass is 215 g/mol. The Bertz CT molecular complexity index is 534. The summed E-state index contributed by atoms with van der Waals surface area (Å²) in [5.74, 6) is -0.785. The van der Waals surface area contributed by atoms with Crippen LogP contribution in [-0.2, 0) is 11.2 Å². The summed E-state index contributed by atoms with van der Waals surface area (Å²) in [5, 5.41) is 9.76. The Morgan fingerprint density at radius 2 is 2.12 bits per heavy atom. The topological polar surface area (TPSA) is 50.2 Å². The van der Waals surface area contributed by atoms with Crippen LogP contribution in [0.1, 0.15) is 17.7 Å². The third-order valence-corrected chi connectivity index (χ3v) is 2.57. The lowest BCUT2D eigenvalue weighted by atomic mass is 10.1. The maximum absolute atomic E-state index is 10.5. The lowest BCUT2D eigenvalue weighted by Crippen LogP contribution is -2.00. The standard InChI is InChI=1S/C13H13NO2/c1-9-8-10(6-7-13(15)16)14-12-5-3-2-4-11(9)12/h2-5,8H,6-7H2,1H3,(H,15,16). The minimum atomic E-state index is -0.785. The summed E-state index contributed by atoms with van der Waals surface area (Å²) in [4.78, 5) is 14.9. The number of carboxylic acid groups (broad SMARTS) is 1. The summed E-state index contributed by atoms with van der Waals surface area (Å²) in [7, 11) is 0. The molecule has 0 fully saturated rings. The van der Waals surface area contributed by atoms with Gasteiger partial charge in [0.2, 0.25) is 0 Å². The zero-order chi connectivity index (χ0) is 11.5. The number of aryl methyl sites for hydroxylation is 2. The van der Waals surface area contributed by atoms with Gasteiger partial charge < -0.3 is 5.11 Å². The summed E-state index contributed by atoms with van der Waals surface area (Å²) in [6.45, 7) is 2.02. The molecule has 0 aliphatic rings. The molecule has 1 aromatic heterocycles. The van der Waals surface area contributed by atoms with Crippen LogP contribution in [0.25, 0.3) is 10.9 Å². The summed E-state index contributed by atoms with van der Waals surface area (Å²) in [6, 6.07) is 9.86. The summed E-state index contributed by atoms with van der Waals surface area (Å²) < 4.78 is 0. The zero-order valence-corrected chi connectivity index (χ0v) is 9.10. The third kappa shape index (κ3) is 2.19. The lowest BCUT2D eigenvalue weighted by Gasteiger charge is -2.05. The Morgan fingerprint density at radius 1 is 1.38 bits per heavy atom. The van der Waals surface area contributed by atoms with Crippen molar-refractivity contribution in [3.8, 4) is 0 Å². The van der Waals surface area contributed by atoms with Gasteiger partial charge in [0.1, 0.15) is 0 Å². The predicted octanol–water partition coefficient (Wildman–Crippen LogP) is 2.56. The van der Waals surface area contributed by atoms with Crippen LogP contribution >= 0.6 is 0 Å².